The highest BCUT2D eigenvalue weighted by molar-refractivity contribution is 5.22. The van der Waals surface area contributed by atoms with E-state index in [2.05, 4.69) is 15.5 Å². The van der Waals surface area contributed by atoms with Crippen LogP contribution in [0.1, 0.15) is 23.0 Å². The molecule has 2 aromatic rings. The van der Waals surface area contributed by atoms with Gasteiger partial charge >= 0.3 is 6.18 Å². The van der Waals surface area contributed by atoms with Crippen LogP contribution in [-0.4, -0.2) is 34.7 Å². The minimum Gasteiger partial charge on any atom is -0.314 e. The molecule has 2 heterocycles. The van der Waals surface area contributed by atoms with Crippen molar-refractivity contribution >= 4 is 0 Å². The zero-order chi connectivity index (χ0) is 16.4. The van der Waals surface area contributed by atoms with E-state index in [1.165, 1.54) is 12.1 Å². The number of nitrogens with one attached hydrogen (secondary N) is 2. The number of aromatic amines is 1. The van der Waals surface area contributed by atoms with Crippen LogP contribution in [-0.2, 0) is 12.7 Å². The van der Waals surface area contributed by atoms with E-state index in [1.807, 2.05) is 11.0 Å². The van der Waals surface area contributed by atoms with Gasteiger partial charge in [0, 0.05) is 37.9 Å². The Kier molecular flexibility index (Phi) is 4.36. The topological polar surface area (TPSA) is 44.0 Å². The van der Waals surface area contributed by atoms with Crippen molar-refractivity contribution in [3.05, 3.63) is 53.1 Å². The molecule has 2 N–H and O–H groups in total. The third kappa shape index (κ3) is 3.70. The Bertz CT molecular complexity index is 667. The summed E-state index contributed by atoms with van der Waals surface area (Å²) in [4.78, 5) is 2.01. The Morgan fingerprint density at radius 3 is 2.78 bits per heavy atom. The molecule has 124 valence electrons. The maximum absolute atomic E-state index is 13.4. The molecular weight excluding hydrogens is 312 g/mol. The zero-order valence-corrected chi connectivity index (χ0v) is 12.2. The molecule has 0 amide bonds. The van der Waals surface area contributed by atoms with E-state index in [9.17, 15) is 17.6 Å². The van der Waals surface area contributed by atoms with Crippen LogP contribution in [0, 0.1) is 5.82 Å². The highest BCUT2D eigenvalue weighted by Gasteiger charge is 2.34. The van der Waals surface area contributed by atoms with Gasteiger partial charge < -0.3 is 5.32 Å². The molecule has 0 aliphatic carbocycles. The minimum absolute atomic E-state index is 0.0999. The summed E-state index contributed by atoms with van der Waals surface area (Å²) in [7, 11) is 0. The number of aromatic nitrogens is 2. The molecule has 8 heteroatoms. The second-order valence-electron chi connectivity index (χ2n) is 5.52. The SMILES string of the molecule is Fc1cccc(C2CNCCN2Cc2cc(C(F)(F)F)n[nH]2)c1. The molecule has 1 atom stereocenters. The average molecular weight is 328 g/mol. The van der Waals surface area contributed by atoms with Crippen molar-refractivity contribution < 1.29 is 17.6 Å². The van der Waals surface area contributed by atoms with E-state index in [0.717, 1.165) is 18.2 Å². The van der Waals surface area contributed by atoms with E-state index in [0.29, 0.717) is 25.3 Å². The maximum atomic E-state index is 13.4. The summed E-state index contributed by atoms with van der Waals surface area (Å²) in [6, 6.07) is 7.20. The largest absolute Gasteiger partial charge is 0.435 e. The molecule has 1 aromatic carbocycles. The van der Waals surface area contributed by atoms with Gasteiger partial charge in [0.1, 0.15) is 5.82 Å². The van der Waals surface area contributed by atoms with Crippen LogP contribution in [0.2, 0.25) is 0 Å². The summed E-state index contributed by atoms with van der Waals surface area (Å²) in [5, 5.41) is 8.98. The van der Waals surface area contributed by atoms with Crippen molar-refractivity contribution in [1.82, 2.24) is 20.4 Å². The third-order valence-electron chi connectivity index (χ3n) is 3.88. The first kappa shape index (κ1) is 15.9. The summed E-state index contributed by atoms with van der Waals surface area (Å²) >= 11 is 0. The number of halogens is 4. The summed E-state index contributed by atoms with van der Waals surface area (Å²) < 4.78 is 51.3. The van der Waals surface area contributed by atoms with Gasteiger partial charge in [-0.15, -0.1) is 0 Å². The number of nitrogens with zero attached hydrogens (tertiary/aromatic N) is 2. The summed E-state index contributed by atoms with van der Waals surface area (Å²) in [5.41, 5.74) is 0.262. The number of rotatable bonds is 3. The summed E-state index contributed by atoms with van der Waals surface area (Å²) in [6.45, 7) is 2.29. The van der Waals surface area contributed by atoms with Crippen molar-refractivity contribution in [3.8, 4) is 0 Å². The molecule has 3 rings (SSSR count). The van der Waals surface area contributed by atoms with Crippen LogP contribution >= 0.6 is 0 Å². The molecule has 0 saturated carbocycles. The number of alkyl halides is 3. The maximum Gasteiger partial charge on any atom is 0.435 e. The van der Waals surface area contributed by atoms with Gasteiger partial charge in [-0.25, -0.2) is 4.39 Å². The first-order valence-electron chi connectivity index (χ1n) is 7.25. The first-order valence-corrected chi connectivity index (χ1v) is 7.25. The number of H-pyrrole nitrogens is 1. The van der Waals surface area contributed by atoms with E-state index in [-0.39, 0.29) is 11.9 Å². The molecule has 1 unspecified atom stereocenters. The molecule has 1 aliphatic heterocycles. The van der Waals surface area contributed by atoms with Crippen LogP contribution in [0.4, 0.5) is 17.6 Å². The fourth-order valence-corrected chi connectivity index (χ4v) is 2.78. The third-order valence-corrected chi connectivity index (χ3v) is 3.88. The molecule has 1 aromatic heterocycles. The lowest BCUT2D eigenvalue weighted by Gasteiger charge is -2.36. The van der Waals surface area contributed by atoms with E-state index in [1.54, 1.807) is 6.07 Å². The van der Waals surface area contributed by atoms with Gasteiger partial charge in [0.25, 0.3) is 0 Å². The van der Waals surface area contributed by atoms with Crippen LogP contribution in [0.5, 0.6) is 0 Å². The quantitative estimate of drug-likeness (QED) is 0.852. The van der Waals surface area contributed by atoms with Crippen LogP contribution in [0.15, 0.2) is 30.3 Å². The predicted octanol–water partition coefficient (Wildman–Crippen LogP) is 2.71. The molecule has 1 fully saturated rings. The molecular formula is C15H16F4N4. The summed E-state index contributed by atoms with van der Waals surface area (Å²) in [5.74, 6) is -0.325. The van der Waals surface area contributed by atoms with Crippen LogP contribution < -0.4 is 5.32 Å². The predicted molar refractivity (Wildman–Crippen MR) is 76.0 cm³/mol. The number of hydrogen-bond donors (Lipinski definition) is 2. The van der Waals surface area contributed by atoms with Crippen molar-refractivity contribution in [2.75, 3.05) is 19.6 Å². The Labute approximate surface area is 130 Å². The lowest BCUT2D eigenvalue weighted by molar-refractivity contribution is -0.141. The second kappa shape index (κ2) is 6.29. The normalized spacial score (nSPS) is 19.9. The van der Waals surface area contributed by atoms with E-state index >= 15 is 0 Å². The van der Waals surface area contributed by atoms with Crippen molar-refractivity contribution in [1.29, 1.82) is 0 Å². The fraction of sp³-hybridized carbons (Fsp3) is 0.400. The second-order valence-corrected chi connectivity index (χ2v) is 5.52. The van der Waals surface area contributed by atoms with Gasteiger partial charge in [-0.3, -0.25) is 10.00 Å². The lowest BCUT2D eigenvalue weighted by atomic mass is 10.0. The Balaban J connectivity index is 1.78. The van der Waals surface area contributed by atoms with Crippen molar-refractivity contribution in [2.24, 2.45) is 0 Å². The average Bonchev–Trinajstić information content (AvgIpc) is 2.96. The van der Waals surface area contributed by atoms with Gasteiger partial charge in [0.05, 0.1) is 0 Å². The van der Waals surface area contributed by atoms with E-state index in [4.69, 9.17) is 0 Å². The first-order chi connectivity index (χ1) is 10.9. The Morgan fingerprint density at radius 2 is 2.09 bits per heavy atom. The molecule has 0 bridgehead atoms. The molecule has 0 radical (unpaired) electrons. The highest BCUT2D eigenvalue weighted by atomic mass is 19.4. The smallest absolute Gasteiger partial charge is 0.314 e. The van der Waals surface area contributed by atoms with Gasteiger partial charge in [0.15, 0.2) is 5.69 Å². The fourth-order valence-electron chi connectivity index (χ4n) is 2.78. The van der Waals surface area contributed by atoms with Gasteiger partial charge in [0.2, 0.25) is 0 Å². The molecule has 4 nitrogen and oxygen atoms in total. The summed E-state index contributed by atoms with van der Waals surface area (Å²) in [6.07, 6.45) is -4.46. The van der Waals surface area contributed by atoms with Gasteiger partial charge in [-0.05, 0) is 23.8 Å². The number of hydrogen-bond acceptors (Lipinski definition) is 3. The highest BCUT2D eigenvalue weighted by Crippen LogP contribution is 2.29. The van der Waals surface area contributed by atoms with Gasteiger partial charge in [-0.1, -0.05) is 12.1 Å². The minimum atomic E-state index is -4.46. The van der Waals surface area contributed by atoms with Gasteiger partial charge in [-0.2, -0.15) is 18.3 Å². The van der Waals surface area contributed by atoms with Crippen LogP contribution in [0.3, 0.4) is 0 Å². The lowest BCUT2D eigenvalue weighted by Crippen LogP contribution is -2.45. The Morgan fingerprint density at radius 1 is 1.26 bits per heavy atom. The van der Waals surface area contributed by atoms with Crippen molar-refractivity contribution in [3.63, 3.8) is 0 Å². The zero-order valence-electron chi connectivity index (χ0n) is 12.2. The molecule has 1 saturated heterocycles. The molecule has 23 heavy (non-hydrogen) atoms. The standard InChI is InChI=1S/C15H16F4N4/c16-11-3-1-2-10(6-11)13-8-20-4-5-23(13)9-12-7-14(22-21-12)15(17,18)19/h1-3,6-7,13,20H,4-5,8-9H2,(H,21,22). The Hall–Kier alpha value is -1.93. The van der Waals surface area contributed by atoms with E-state index < -0.39 is 11.9 Å². The molecule has 1 aliphatic rings. The monoisotopic (exact) mass is 328 g/mol. The molecule has 0 spiro atoms. The number of benzene rings is 1. The van der Waals surface area contributed by atoms with Crippen LogP contribution in [0.25, 0.3) is 0 Å². The van der Waals surface area contributed by atoms with Crippen molar-refractivity contribution in [2.45, 2.75) is 18.8 Å². The number of piperazine rings is 1.